The van der Waals surface area contributed by atoms with E-state index in [2.05, 4.69) is 38.6 Å². The van der Waals surface area contributed by atoms with Crippen LogP contribution < -0.4 is 5.32 Å². The topological polar surface area (TPSA) is 44.0 Å². The van der Waals surface area contributed by atoms with Crippen LogP contribution in [0.25, 0.3) is 11.3 Å². The third-order valence-electron chi connectivity index (χ3n) is 3.30. The summed E-state index contributed by atoms with van der Waals surface area (Å²) in [7, 11) is 0. The number of hydrogen-bond donors (Lipinski definition) is 2. The number of rotatable bonds is 3. The molecule has 2 N–H and O–H groups in total. The second kappa shape index (κ2) is 5.33. The molecule has 2 aromatic rings. The molecule has 94 valence electrons. The summed E-state index contributed by atoms with van der Waals surface area (Å²) in [5.41, 5.74) is 3.39. The molecule has 0 spiro atoms. The van der Waals surface area contributed by atoms with E-state index in [0.717, 1.165) is 38.4 Å². The van der Waals surface area contributed by atoms with Crippen molar-refractivity contribution in [1.82, 2.24) is 20.4 Å². The first kappa shape index (κ1) is 11.4. The van der Waals surface area contributed by atoms with Gasteiger partial charge in [-0.25, -0.2) is 0 Å². The number of benzene rings is 1. The molecule has 0 unspecified atom stereocenters. The minimum atomic E-state index is 0.960. The van der Waals surface area contributed by atoms with E-state index in [1.807, 2.05) is 18.2 Å². The Morgan fingerprint density at radius 2 is 1.89 bits per heavy atom. The van der Waals surface area contributed by atoms with E-state index in [-0.39, 0.29) is 0 Å². The fourth-order valence-electron chi connectivity index (χ4n) is 2.31. The summed E-state index contributed by atoms with van der Waals surface area (Å²) in [6, 6.07) is 12.4. The van der Waals surface area contributed by atoms with Gasteiger partial charge >= 0.3 is 0 Å². The normalized spacial score (nSPS) is 16.9. The van der Waals surface area contributed by atoms with Crippen LogP contribution in [0, 0.1) is 0 Å². The number of hydrogen-bond acceptors (Lipinski definition) is 3. The Balaban J connectivity index is 1.69. The van der Waals surface area contributed by atoms with E-state index in [1.54, 1.807) is 0 Å². The SMILES string of the molecule is c1ccc(-c2cc(CN3CCNCC3)[nH]n2)cc1. The molecule has 1 aliphatic rings. The van der Waals surface area contributed by atoms with Crippen molar-refractivity contribution >= 4 is 0 Å². The van der Waals surface area contributed by atoms with Crippen LogP contribution >= 0.6 is 0 Å². The second-order valence-corrected chi connectivity index (χ2v) is 4.67. The van der Waals surface area contributed by atoms with Gasteiger partial charge in [0, 0.05) is 44.0 Å². The van der Waals surface area contributed by atoms with Gasteiger partial charge < -0.3 is 5.32 Å². The van der Waals surface area contributed by atoms with E-state index < -0.39 is 0 Å². The Kier molecular flexibility index (Phi) is 3.39. The monoisotopic (exact) mass is 242 g/mol. The Morgan fingerprint density at radius 3 is 2.67 bits per heavy atom. The zero-order chi connectivity index (χ0) is 12.2. The molecule has 0 radical (unpaired) electrons. The Labute approximate surface area is 107 Å². The average Bonchev–Trinajstić information content (AvgIpc) is 2.89. The molecule has 1 aromatic heterocycles. The maximum Gasteiger partial charge on any atom is 0.0924 e. The van der Waals surface area contributed by atoms with Crippen LogP contribution in [0.1, 0.15) is 5.69 Å². The predicted octanol–water partition coefficient (Wildman–Crippen LogP) is 1.48. The number of H-pyrrole nitrogens is 1. The molecule has 1 aromatic carbocycles. The standard InChI is InChI=1S/C14H18N4/c1-2-4-12(5-3-1)14-10-13(16-17-14)11-18-8-6-15-7-9-18/h1-5,10,15H,6-9,11H2,(H,16,17). The number of aromatic nitrogens is 2. The lowest BCUT2D eigenvalue weighted by molar-refractivity contribution is 0.230. The number of piperazine rings is 1. The van der Waals surface area contributed by atoms with Crippen LogP contribution in [-0.4, -0.2) is 41.3 Å². The van der Waals surface area contributed by atoms with Crippen LogP contribution in [0.3, 0.4) is 0 Å². The Hall–Kier alpha value is -1.65. The summed E-state index contributed by atoms with van der Waals surface area (Å²) in [6.45, 7) is 5.35. The van der Waals surface area contributed by atoms with Crippen molar-refractivity contribution in [1.29, 1.82) is 0 Å². The van der Waals surface area contributed by atoms with Crippen molar-refractivity contribution < 1.29 is 0 Å². The van der Waals surface area contributed by atoms with Crippen LogP contribution in [0.4, 0.5) is 0 Å². The molecule has 2 heterocycles. The van der Waals surface area contributed by atoms with E-state index in [4.69, 9.17) is 0 Å². The first-order chi connectivity index (χ1) is 8.92. The summed E-state index contributed by atoms with van der Waals surface area (Å²) >= 11 is 0. The molecule has 1 fully saturated rings. The highest BCUT2D eigenvalue weighted by molar-refractivity contribution is 5.58. The maximum absolute atomic E-state index is 4.38. The number of nitrogens with zero attached hydrogens (tertiary/aromatic N) is 2. The predicted molar refractivity (Wildman–Crippen MR) is 72.2 cm³/mol. The summed E-state index contributed by atoms with van der Waals surface area (Å²) in [4.78, 5) is 2.44. The van der Waals surface area contributed by atoms with Gasteiger partial charge in [-0.3, -0.25) is 10.00 Å². The van der Waals surface area contributed by atoms with Crippen LogP contribution in [-0.2, 0) is 6.54 Å². The molecule has 0 amide bonds. The molecule has 4 heteroatoms. The van der Waals surface area contributed by atoms with Gasteiger partial charge in [-0.2, -0.15) is 5.10 Å². The number of aromatic amines is 1. The van der Waals surface area contributed by atoms with Gasteiger partial charge in [0.05, 0.1) is 5.69 Å². The van der Waals surface area contributed by atoms with Gasteiger partial charge in [-0.1, -0.05) is 30.3 Å². The molecule has 3 rings (SSSR count). The van der Waals surface area contributed by atoms with E-state index in [9.17, 15) is 0 Å². The zero-order valence-electron chi connectivity index (χ0n) is 10.4. The molecule has 0 saturated carbocycles. The quantitative estimate of drug-likeness (QED) is 0.857. The summed E-state index contributed by atoms with van der Waals surface area (Å²) in [5, 5.41) is 10.9. The summed E-state index contributed by atoms with van der Waals surface area (Å²) < 4.78 is 0. The van der Waals surface area contributed by atoms with E-state index in [1.165, 1.54) is 11.3 Å². The Bertz CT molecular complexity index is 486. The van der Waals surface area contributed by atoms with Crippen LogP contribution in [0.15, 0.2) is 36.4 Å². The molecule has 0 aliphatic carbocycles. The zero-order valence-corrected chi connectivity index (χ0v) is 10.4. The van der Waals surface area contributed by atoms with Crippen molar-refractivity contribution in [2.24, 2.45) is 0 Å². The van der Waals surface area contributed by atoms with Gasteiger partial charge in [0.15, 0.2) is 0 Å². The molecule has 1 aliphatic heterocycles. The Morgan fingerprint density at radius 1 is 1.11 bits per heavy atom. The van der Waals surface area contributed by atoms with Crippen molar-refractivity contribution in [3.63, 3.8) is 0 Å². The van der Waals surface area contributed by atoms with Gasteiger partial charge in [-0.15, -0.1) is 0 Å². The van der Waals surface area contributed by atoms with Crippen molar-refractivity contribution in [3.8, 4) is 11.3 Å². The maximum atomic E-state index is 4.38. The summed E-state index contributed by atoms with van der Waals surface area (Å²) in [6.07, 6.45) is 0. The first-order valence-corrected chi connectivity index (χ1v) is 6.44. The molecular weight excluding hydrogens is 224 g/mol. The van der Waals surface area contributed by atoms with Crippen molar-refractivity contribution in [2.75, 3.05) is 26.2 Å². The van der Waals surface area contributed by atoms with Gasteiger partial charge in [-0.05, 0) is 6.07 Å². The average molecular weight is 242 g/mol. The molecule has 1 saturated heterocycles. The third kappa shape index (κ3) is 2.60. The first-order valence-electron chi connectivity index (χ1n) is 6.44. The minimum absolute atomic E-state index is 0.960. The fourth-order valence-corrected chi connectivity index (χ4v) is 2.31. The minimum Gasteiger partial charge on any atom is -0.314 e. The molecular formula is C14H18N4. The van der Waals surface area contributed by atoms with E-state index >= 15 is 0 Å². The lowest BCUT2D eigenvalue weighted by Crippen LogP contribution is -2.42. The van der Waals surface area contributed by atoms with Crippen molar-refractivity contribution in [3.05, 3.63) is 42.1 Å². The van der Waals surface area contributed by atoms with Crippen LogP contribution in [0.5, 0.6) is 0 Å². The second-order valence-electron chi connectivity index (χ2n) is 4.67. The lowest BCUT2D eigenvalue weighted by atomic mass is 10.1. The largest absolute Gasteiger partial charge is 0.314 e. The highest BCUT2D eigenvalue weighted by Gasteiger charge is 2.11. The number of nitrogens with one attached hydrogen (secondary N) is 2. The highest BCUT2D eigenvalue weighted by Crippen LogP contribution is 2.17. The van der Waals surface area contributed by atoms with Gasteiger partial charge in [0.2, 0.25) is 0 Å². The lowest BCUT2D eigenvalue weighted by Gasteiger charge is -2.26. The smallest absolute Gasteiger partial charge is 0.0924 e. The van der Waals surface area contributed by atoms with Crippen LogP contribution in [0.2, 0.25) is 0 Å². The van der Waals surface area contributed by atoms with Crippen molar-refractivity contribution in [2.45, 2.75) is 6.54 Å². The highest BCUT2D eigenvalue weighted by atomic mass is 15.2. The van der Waals surface area contributed by atoms with Gasteiger partial charge in [0.1, 0.15) is 0 Å². The molecule has 18 heavy (non-hydrogen) atoms. The fraction of sp³-hybridized carbons (Fsp3) is 0.357. The summed E-state index contributed by atoms with van der Waals surface area (Å²) in [5.74, 6) is 0. The molecule has 0 atom stereocenters. The van der Waals surface area contributed by atoms with E-state index in [0.29, 0.717) is 0 Å². The third-order valence-corrected chi connectivity index (χ3v) is 3.30. The molecule has 4 nitrogen and oxygen atoms in total. The molecule has 0 bridgehead atoms. The van der Waals surface area contributed by atoms with Gasteiger partial charge in [0.25, 0.3) is 0 Å².